The molecule has 1 aliphatic carbocycles. The Kier molecular flexibility index (Phi) is 4.78. The molecule has 1 saturated carbocycles. The van der Waals surface area contributed by atoms with Crippen molar-refractivity contribution in [2.75, 3.05) is 26.4 Å². The smallest absolute Gasteiger partial charge is 0.220 e. The summed E-state index contributed by atoms with van der Waals surface area (Å²) in [4.78, 5) is 12.5. The topological polar surface area (TPSA) is 66.0 Å². The third-order valence-electron chi connectivity index (χ3n) is 5.37. The van der Waals surface area contributed by atoms with Gasteiger partial charge in [0.15, 0.2) is 11.6 Å². The van der Waals surface area contributed by atoms with Crippen LogP contribution < -0.4 is 5.32 Å². The number of nitrogens with one attached hydrogen (secondary N) is 1. The van der Waals surface area contributed by atoms with Gasteiger partial charge in [0.25, 0.3) is 0 Å². The van der Waals surface area contributed by atoms with Gasteiger partial charge in [-0.3, -0.25) is 4.79 Å². The first kappa shape index (κ1) is 17.0. The lowest BCUT2D eigenvalue weighted by Gasteiger charge is -2.46. The SMILES string of the molecule is O=C(CC1CCC2(CC13OCCO3)OCCO2)NCc1ccccc1. The Hall–Kier alpha value is -1.47. The number of benzene rings is 1. The first-order chi connectivity index (χ1) is 12.2. The van der Waals surface area contributed by atoms with Crippen LogP contribution >= 0.6 is 0 Å². The summed E-state index contributed by atoms with van der Waals surface area (Å²) in [7, 11) is 0. The average molecular weight is 347 g/mol. The molecule has 1 atom stereocenters. The van der Waals surface area contributed by atoms with Crippen molar-refractivity contribution in [3.63, 3.8) is 0 Å². The maximum Gasteiger partial charge on any atom is 0.220 e. The molecule has 1 N–H and O–H groups in total. The Morgan fingerprint density at radius 1 is 1.04 bits per heavy atom. The molecule has 136 valence electrons. The number of hydrogen-bond donors (Lipinski definition) is 1. The van der Waals surface area contributed by atoms with E-state index >= 15 is 0 Å². The molecule has 6 nitrogen and oxygen atoms in total. The van der Waals surface area contributed by atoms with Gasteiger partial charge in [0.1, 0.15) is 0 Å². The lowest BCUT2D eigenvalue weighted by atomic mass is 9.77. The summed E-state index contributed by atoms with van der Waals surface area (Å²) in [5, 5.41) is 3.00. The molecule has 3 fully saturated rings. The highest BCUT2D eigenvalue weighted by molar-refractivity contribution is 5.76. The summed E-state index contributed by atoms with van der Waals surface area (Å²) >= 11 is 0. The molecule has 2 heterocycles. The van der Waals surface area contributed by atoms with Crippen LogP contribution in [0.5, 0.6) is 0 Å². The summed E-state index contributed by atoms with van der Waals surface area (Å²) in [6.07, 6.45) is 2.50. The summed E-state index contributed by atoms with van der Waals surface area (Å²) in [5.41, 5.74) is 1.09. The molecule has 1 aromatic carbocycles. The fraction of sp³-hybridized carbons (Fsp3) is 0.632. The van der Waals surface area contributed by atoms with E-state index in [1.807, 2.05) is 30.3 Å². The molecular weight excluding hydrogens is 322 g/mol. The third-order valence-corrected chi connectivity index (χ3v) is 5.37. The summed E-state index contributed by atoms with van der Waals surface area (Å²) in [6.45, 7) is 2.87. The fourth-order valence-electron chi connectivity index (χ4n) is 4.12. The predicted molar refractivity (Wildman–Crippen MR) is 89.5 cm³/mol. The van der Waals surface area contributed by atoms with Crippen molar-refractivity contribution < 1.29 is 23.7 Å². The molecule has 1 amide bonds. The van der Waals surface area contributed by atoms with Crippen LogP contribution in [0.4, 0.5) is 0 Å². The zero-order valence-electron chi connectivity index (χ0n) is 14.4. The van der Waals surface area contributed by atoms with Crippen molar-refractivity contribution in [3.05, 3.63) is 35.9 Å². The van der Waals surface area contributed by atoms with E-state index in [4.69, 9.17) is 18.9 Å². The van der Waals surface area contributed by atoms with E-state index in [1.54, 1.807) is 0 Å². The van der Waals surface area contributed by atoms with Crippen molar-refractivity contribution >= 4 is 5.91 Å². The molecule has 2 spiro atoms. The van der Waals surface area contributed by atoms with Crippen molar-refractivity contribution in [1.82, 2.24) is 5.32 Å². The van der Waals surface area contributed by atoms with E-state index in [0.717, 1.165) is 18.4 Å². The lowest BCUT2D eigenvalue weighted by molar-refractivity contribution is -0.295. The third kappa shape index (κ3) is 3.58. The van der Waals surface area contributed by atoms with Crippen molar-refractivity contribution in [3.8, 4) is 0 Å². The first-order valence-electron chi connectivity index (χ1n) is 9.06. The zero-order valence-corrected chi connectivity index (χ0v) is 14.4. The van der Waals surface area contributed by atoms with Crippen LogP contribution in [0.3, 0.4) is 0 Å². The van der Waals surface area contributed by atoms with E-state index in [1.165, 1.54) is 0 Å². The minimum Gasteiger partial charge on any atom is -0.352 e. The van der Waals surface area contributed by atoms with Crippen LogP contribution in [0, 0.1) is 5.92 Å². The molecule has 4 rings (SSSR count). The highest BCUT2D eigenvalue weighted by Crippen LogP contribution is 2.49. The van der Waals surface area contributed by atoms with Gasteiger partial charge in [-0.05, 0) is 12.0 Å². The standard InChI is InChI=1S/C19H25NO5/c21-17(20-13-15-4-2-1-3-5-15)12-16-6-7-18(22-8-9-23-18)14-19(16)24-10-11-25-19/h1-5,16H,6-14H2,(H,20,21). The molecule has 0 aromatic heterocycles. The van der Waals surface area contributed by atoms with Crippen molar-refractivity contribution in [2.24, 2.45) is 5.92 Å². The molecule has 0 bridgehead atoms. The lowest BCUT2D eigenvalue weighted by Crippen LogP contribution is -2.53. The van der Waals surface area contributed by atoms with Gasteiger partial charge in [0.2, 0.25) is 5.91 Å². The van der Waals surface area contributed by atoms with Crippen molar-refractivity contribution in [2.45, 2.75) is 43.8 Å². The minimum absolute atomic E-state index is 0.0178. The van der Waals surface area contributed by atoms with Crippen LogP contribution in [0.1, 0.15) is 31.2 Å². The van der Waals surface area contributed by atoms with Crippen molar-refractivity contribution in [1.29, 1.82) is 0 Å². The molecule has 0 radical (unpaired) electrons. The maximum atomic E-state index is 12.5. The molecular formula is C19H25NO5. The van der Waals surface area contributed by atoms with Gasteiger partial charge in [-0.2, -0.15) is 0 Å². The van der Waals surface area contributed by atoms with Crippen LogP contribution in [0.15, 0.2) is 30.3 Å². The summed E-state index contributed by atoms with van der Waals surface area (Å²) in [5.74, 6) is -1.31. The van der Waals surface area contributed by atoms with E-state index in [-0.39, 0.29) is 11.8 Å². The number of rotatable bonds is 4. The molecule has 25 heavy (non-hydrogen) atoms. The Morgan fingerprint density at radius 2 is 1.72 bits per heavy atom. The maximum absolute atomic E-state index is 12.5. The molecule has 1 aromatic rings. The quantitative estimate of drug-likeness (QED) is 0.902. The normalized spacial score (nSPS) is 27.0. The highest BCUT2D eigenvalue weighted by atomic mass is 16.8. The van der Waals surface area contributed by atoms with Gasteiger partial charge in [0, 0.05) is 25.3 Å². The number of carbonyl (C=O) groups excluding carboxylic acids is 1. The second kappa shape index (κ2) is 7.03. The van der Waals surface area contributed by atoms with Gasteiger partial charge in [-0.25, -0.2) is 0 Å². The molecule has 6 heteroatoms. The second-order valence-corrected chi connectivity index (χ2v) is 7.00. The number of hydrogen-bond acceptors (Lipinski definition) is 5. The van der Waals surface area contributed by atoms with Crippen LogP contribution in [0.25, 0.3) is 0 Å². The Labute approximate surface area is 147 Å². The van der Waals surface area contributed by atoms with Gasteiger partial charge in [-0.1, -0.05) is 30.3 Å². The average Bonchev–Trinajstić information content (AvgIpc) is 3.28. The molecule has 3 aliphatic rings. The fourth-order valence-corrected chi connectivity index (χ4v) is 4.12. The monoisotopic (exact) mass is 347 g/mol. The van der Waals surface area contributed by atoms with E-state index in [9.17, 15) is 4.79 Å². The van der Waals surface area contributed by atoms with E-state index < -0.39 is 11.6 Å². The highest BCUT2D eigenvalue weighted by Gasteiger charge is 2.56. The Balaban J connectivity index is 1.38. The van der Waals surface area contributed by atoms with Crippen LogP contribution in [0.2, 0.25) is 0 Å². The van der Waals surface area contributed by atoms with Gasteiger partial charge in [0.05, 0.1) is 32.8 Å². The van der Waals surface area contributed by atoms with Gasteiger partial charge in [-0.15, -0.1) is 0 Å². The predicted octanol–water partition coefficient (Wildman–Crippen LogP) is 1.98. The largest absolute Gasteiger partial charge is 0.352 e. The summed E-state index contributed by atoms with van der Waals surface area (Å²) < 4.78 is 23.7. The van der Waals surface area contributed by atoms with Gasteiger partial charge >= 0.3 is 0 Å². The van der Waals surface area contributed by atoms with Crippen LogP contribution in [-0.4, -0.2) is 43.9 Å². The van der Waals surface area contributed by atoms with E-state index in [2.05, 4.69) is 5.32 Å². The second-order valence-electron chi connectivity index (χ2n) is 7.00. The number of ether oxygens (including phenoxy) is 4. The zero-order chi connectivity index (χ0) is 17.2. The number of carbonyl (C=O) groups is 1. The van der Waals surface area contributed by atoms with E-state index in [0.29, 0.717) is 45.8 Å². The Morgan fingerprint density at radius 3 is 2.44 bits per heavy atom. The van der Waals surface area contributed by atoms with Gasteiger partial charge < -0.3 is 24.3 Å². The molecule has 2 aliphatic heterocycles. The number of amides is 1. The molecule has 2 saturated heterocycles. The summed E-state index contributed by atoms with van der Waals surface area (Å²) in [6, 6.07) is 9.92. The first-order valence-corrected chi connectivity index (χ1v) is 9.06. The van der Waals surface area contributed by atoms with Crippen LogP contribution in [-0.2, 0) is 30.3 Å². The molecule has 1 unspecified atom stereocenters. The Bertz CT molecular complexity index is 593. The minimum atomic E-state index is -0.757.